The van der Waals surface area contributed by atoms with Crippen molar-refractivity contribution in [3.05, 3.63) is 51.4 Å². The van der Waals surface area contributed by atoms with E-state index < -0.39 is 0 Å². The van der Waals surface area contributed by atoms with E-state index in [4.69, 9.17) is 14.2 Å². The molecule has 0 aliphatic heterocycles. The summed E-state index contributed by atoms with van der Waals surface area (Å²) in [5, 5.41) is 9.35. The van der Waals surface area contributed by atoms with Crippen LogP contribution in [0.1, 0.15) is 39.1 Å². The van der Waals surface area contributed by atoms with Crippen LogP contribution in [-0.2, 0) is 24.3 Å². The number of carbonyl (C=O) groups is 1. The zero-order valence-corrected chi connectivity index (χ0v) is 21.2. The third-order valence-corrected chi connectivity index (χ3v) is 6.29. The highest BCUT2D eigenvalue weighted by molar-refractivity contribution is 7.17. The standard InChI is InChI=1S/C25H30N4O5S/c1-5-22-27-28(25(31)18-13-21-17(29(18)22)9-10-35-21)15-23(30)26-14-16-11-19(32-6-2)24(34-8-4)20(12-16)33-7-3/h9-13H,5-8,14-15H2,1-4H3,(H,26,30). The van der Waals surface area contributed by atoms with E-state index in [2.05, 4.69) is 10.4 Å². The van der Waals surface area contributed by atoms with Crippen LogP contribution in [0.25, 0.3) is 15.7 Å². The molecule has 0 aliphatic carbocycles. The van der Waals surface area contributed by atoms with E-state index in [-0.39, 0.29) is 24.6 Å². The van der Waals surface area contributed by atoms with Gasteiger partial charge in [-0.25, -0.2) is 4.68 Å². The van der Waals surface area contributed by atoms with E-state index in [1.807, 2.05) is 61.7 Å². The molecular formula is C25H30N4O5S. The molecule has 0 atom stereocenters. The van der Waals surface area contributed by atoms with Crippen LogP contribution in [0, 0.1) is 0 Å². The van der Waals surface area contributed by atoms with E-state index >= 15 is 0 Å². The summed E-state index contributed by atoms with van der Waals surface area (Å²) in [5.41, 5.74) is 2.00. The molecule has 1 N–H and O–H groups in total. The van der Waals surface area contributed by atoms with Gasteiger partial charge in [0.1, 0.15) is 17.9 Å². The molecule has 3 heterocycles. The Morgan fingerprint density at radius 3 is 2.31 bits per heavy atom. The van der Waals surface area contributed by atoms with Crippen molar-refractivity contribution in [2.24, 2.45) is 0 Å². The largest absolute Gasteiger partial charge is 0.490 e. The number of carbonyl (C=O) groups excluding carboxylic acids is 1. The Hall–Kier alpha value is -3.53. The molecule has 0 bridgehead atoms. The number of hydrogen-bond donors (Lipinski definition) is 1. The number of ether oxygens (including phenoxy) is 3. The van der Waals surface area contributed by atoms with Crippen molar-refractivity contribution in [2.75, 3.05) is 19.8 Å². The molecule has 0 unspecified atom stereocenters. The van der Waals surface area contributed by atoms with Crippen molar-refractivity contribution in [3.8, 4) is 17.2 Å². The molecule has 0 spiro atoms. The molecule has 9 nitrogen and oxygen atoms in total. The Bertz CT molecular complexity index is 1380. The predicted molar refractivity (Wildman–Crippen MR) is 136 cm³/mol. The fraction of sp³-hybridized carbons (Fsp3) is 0.400. The lowest BCUT2D eigenvalue weighted by Gasteiger charge is -2.17. The van der Waals surface area contributed by atoms with Gasteiger partial charge in [-0.2, -0.15) is 5.10 Å². The zero-order chi connectivity index (χ0) is 24.9. The molecular weight excluding hydrogens is 468 g/mol. The number of amides is 1. The Balaban J connectivity index is 1.55. The second kappa shape index (κ2) is 10.8. The number of nitrogens with one attached hydrogen (secondary N) is 1. The van der Waals surface area contributed by atoms with Gasteiger partial charge in [0, 0.05) is 13.0 Å². The number of benzene rings is 1. The monoisotopic (exact) mass is 498 g/mol. The molecule has 3 aromatic heterocycles. The quantitative estimate of drug-likeness (QED) is 0.338. The SMILES string of the molecule is CCOc1cc(CNC(=O)Cn2nc(CC)n3c(cc4sccc43)c2=O)cc(OCC)c1OCC. The van der Waals surface area contributed by atoms with Gasteiger partial charge in [0.25, 0.3) is 5.56 Å². The Morgan fingerprint density at radius 2 is 1.69 bits per heavy atom. The average molecular weight is 499 g/mol. The first kappa shape index (κ1) is 24.6. The number of aryl methyl sites for hydroxylation is 1. The summed E-state index contributed by atoms with van der Waals surface area (Å²) in [6, 6.07) is 7.50. The summed E-state index contributed by atoms with van der Waals surface area (Å²) >= 11 is 1.57. The number of fused-ring (bicyclic) bond motifs is 3. The number of rotatable bonds is 11. The Morgan fingerprint density at radius 1 is 1.00 bits per heavy atom. The van der Waals surface area contributed by atoms with Crippen molar-refractivity contribution in [1.29, 1.82) is 0 Å². The molecule has 0 radical (unpaired) electrons. The van der Waals surface area contributed by atoms with Gasteiger partial charge in [-0.15, -0.1) is 11.3 Å². The average Bonchev–Trinajstić information content (AvgIpc) is 3.44. The smallest absolute Gasteiger partial charge is 0.291 e. The van der Waals surface area contributed by atoms with E-state index in [1.54, 1.807) is 11.3 Å². The van der Waals surface area contributed by atoms with Crippen LogP contribution in [-0.4, -0.2) is 39.9 Å². The van der Waals surface area contributed by atoms with Crippen LogP contribution < -0.4 is 25.1 Å². The fourth-order valence-corrected chi connectivity index (χ4v) is 4.80. The summed E-state index contributed by atoms with van der Waals surface area (Å²) in [6.45, 7) is 9.14. The number of nitrogens with zero attached hydrogens (tertiary/aromatic N) is 3. The second-order valence-corrected chi connectivity index (χ2v) is 8.71. The first-order valence-corrected chi connectivity index (χ1v) is 12.7. The second-order valence-electron chi connectivity index (χ2n) is 7.76. The molecule has 0 fully saturated rings. The van der Waals surface area contributed by atoms with E-state index in [9.17, 15) is 9.59 Å². The molecule has 4 rings (SSSR count). The van der Waals surface area contributed by atoms with Crippen molar-refractivity contribution >= 4 is 33.0 Å². The van der Waals surface area contributed by atoms with Gasteiger partial charge in [0.2, 0.25) is 11.7 Å². The third kappa shape index (κ3) is 4.97. The lowest BCUT2D eigenvalue weighted by Crippen LogP contribution is -2.35. The zero-order valence-electron chi connectivity index (χ0n) is 20.4. The topological polar surface area (TPSA) is 96.1 Å². The lowest BCUT2D eigenvalue weighted by molar-refractivity contribution is -0.122. The van der Waals surface area contributed by atoms with Crippen LogP contribution in [0.4, 0.5) is 0 Å². The fourth-order valence-electron chi connectivity index (χ4n) is 4.00. The predicted octanol–water partition coefficient (Wildman–Crippen LogP) is 3.79. The highest BCUT2D eigenvalue weighted by atomic mass is 32.1. The molecule has 0 aliphatic rings. The summed E-state index contributed by atoms with van der Waals surface area (Å²) in [6.07, 6.45) is 0.630. The summed E-state index contributed by atoms with van der Waals surface area (Å²) in [4.78, 5) is 25.8. The number of thiophene rings is 1. The molecule has 0 saturated heterocycles. The van der Waals surface area contributed by atoms with Gasteiger partial charge in [0.05, 0.1) is 30.0 Å². The molecule has 4 aromatic rings. The Kier molecular flexibility index (Phi) is 7.60. The molecule has 0 saturated carbocycles. The molecule has 35 heavy (non-hydrogen) atoms. The van der Waals surface area contributed by atoms with E-state index in [0.717, 1.165) is 21.6 Å². The maximum atomic E-state index is 13.1. The van der Waals surface area contributed by atoms with Crippen molar-refractivity contribution in [2.45, 2.75) is 47.2 Å². The van der Waals surface area contributed by atoms with Crippen LogP contribution in [0.15, 0.2) is 34.4 Å². The van der Waals surface area contributed by atoms with Gasteiger partial charge in [-0.3, -0.25) is 14.0 Å². The normalized spacial score (nSPS) is 11.2. The highest BCUT2D eigenvalue weighted by Gasteiger charge is 2.18. The minimum Gasteiger partial charge on any atom is -0.490 e. The van der Waals surface area contributed by atoms with Crippen LogP contribution in [0.5, 0.6) is 17.2 Å². The van der Waals surface area contributed by atoms with Crippen LogP contribution in [0.2, 0.25) is 0 Å². The summed E-state index contributed by atoms with van der Waals surface area (Å²) < 4.78 is 21.4. The maximum Gasteiger partial charge on any atom is 0.291 e. The Labute approximate surface area is 207 Å². The summed E-state index contributed by atoms with van der Waals surface area (Å²) in [7, 11) is 0. The van der Waals surface area contributed by atoms with Crippen molar-refractivity contribution < 1.29 is 19.0 Å². The molecule has 186 valence electrons. The molecule has 1 amide bonds. The van der Waals surface area contributed by atoms with Gasteiger partial charge in [0.15, 0.2) is 11.5 Å². The minimum absolute atomic E-state index is 0.172. The minimum atomic E-state index is -0.316. The first-order valence-electron chi connectivity index (χ1n) is 11.8. The van der Waals surface area contributed by atoms with E-state index in [0.29, 0.717) is 49.0 Å². The van der Waals surface area contributed by atoms with Gasteiger partial charge in [-0.05, 0) is 56.0 Å². The van der Waals surface area contributed by atoms with Gasteiger partial charge in [-0.1, -0.05) is 6.92 Å². The number of aromatic nitrogens is 3. The highest BCUT2D eigenvalue weighted by Crippen LogP contribution is 2.39. The van der Waals surface area contributed by atoms with Crippen LogP contribution >= 0.6 is 11.3 Å². The first-order chi connectivity index (χ1) is 17.0. The third-order valence-electron chi connectivity index (χ3n) is 5.44. The van der Waals surface area contributed by atoms with Crippen molar-refractivity contribution in [1.82, 2.24) is 19.5 Å². The maximum absolute atomic E-state index is 13.1. The van der Waals surface area contributed by atoms with E-state index in [1.165, 1.54) is 4.68 Å². The molecule has 1 aromatic carbocycles. The molecule has 10 heteroatoms. The lowest BCUT2D eigenvalue weighted by atomic mass is 10.1. The van der Waals surface area contributed by atoms with Gasteiger partial charge < -0.3 is 19.5 Å². The summed E-state index contributed by atoms with van der Waals surface area (Å²) in [5.74, 6) is 2.09. The van der Waals surface area contributed by atoms with Gasteiger partial charge >= 0.3 is 0 Å². The number of hydrogen-bond acceptors (Lipinski definition) is 7. The van der Waals surface area contributed by atoms with Crippen LogP contribution in [0.3, 0.4) is 0 Å². The van der Waals surface area contributed by atoms with Crippen molar-refractivity contribution in [3.63, 3.8) is 0 Å².